The zero-order valence-corrected chi connectivity index (χ0v) is 12.5. The zero-order valence-electron chi connectivity index (χ0n) is 11.7. The maximum absolute atomic E-state index is 5.39. The van der Waals surface area contributed by atoms with E-state index in [2.05, 4.69) is 38.4 Å². The van der Waals surface area contributed by atoms with E-state index < -0.39 is 0 Å². The number of aromatic nitrogens is 1. The number of nitrogens with one attached hydrogen (secondary N) is 1. The van der Waals surface area contributed by atoms with E-state index in [0.29, 0.717) is 18.4 Å². The summed E-state index contributed by atoms with van der Waals surface area (Å²) in [5.74, 6) is 0.905. The van der Waals surface area contributed by atoms with Crippen LogP contribution in [-0.4, -0.2) is 25.7 Å². The quantitative estimate of drug-likeness (QED) is 0.849. The molecule has 0 aliphatic heterocycles. The Morgan fingerprint density at radius 1 is 1.41 bits per heavy atom. The summed E-state index contributed by atoms with van der Waals surface area (Å²) in [4.78, 5) is 4.77. The maximum Gasteiger partial charge on any atom is 0.116 e. The van der Waals surface area contributed by atoms with Gasteiger partial charge in [-0.05, 0) is 18.9 Å². The van der Waals surface area contributed by atoms with E-state index in [4.69, 9.17) is 9.72 Å². The van der Waals surface area contributed by atoms with Gasteiger partial charge in [-0.1, -0.05) is 27.7 Å². The smallest absolute Gasteiger partial charge is 0.116 e. The van der Waals surface area contributed by atoms with Gasteiger partial charge < -0.3 is 10.1 Å². The topological polar surface area (TPSA) is 34.1 Å². The van der Waals surface area contributed by atoms with Gasteiger partial charge in [-0.3, -0.25) is 0 Å². The minimum Gasteiger partial charge on any atom is -0.382 e. The SMILES string of the molecule is CNC(COC)(c1nc(C(C)C)cs1)C(C)C. The van der Waals surface area contributed by atoms with Crippen LogP contribution >= 0.6 is 11.3 Å². The van der Waals surface area contributed by atoms with Gasteiger partial charge in [-0.2, -0.15) is 0 Å². The molecule has 0 bridgehead atoms. The van der Waals surface area contributed by atoms with Gasteiger partial charge in [-0.25, -0.2) is 4.98 Å². The first-order chi connectivity index (χ1) is 7.97. The summed E-state index contributed by atoms with van der Waals surface area (Å²) < 4.78 is 5.39. The van der Waals surface area contributed by atoms with Gasteiger partial charge in [0.25, 0.3) is 0 Å². The molecule has 1 heterocycles. The Morgan fingerprint density at radius 2 is 2.06 bits per heavy atom. The lowest BCUT2D eigenvalue weighted by Crippen LogP contribution is -2.48. The van der Waals surface area contributed by atoms with Crippen LogP contribution in [0.2, 0.25) is 0 Å². The normalized spacial score (nSPS) is 15.5. The zero-order chi connectivity index (χ0) is 13.1. The lowest BCUT2D eigenvalue weighted by Gasteiger charge is -2.34. The predicted octanol–water partition coefficient (Wildman–Crippen LogP) is 2.98. The van der Waals surface area contributed by atoms with Crippen molar-refractivity contribution in [3.8, 4) is 0 Å². The molecule has 0 saturated heterocycles. The summed E-state index contributed by atoms with van der Waals surface area (Å²) in [6.45, 7) is 9.39. The molecule has 1 atom stereocenters. The van der Waals surface area contributed by atoms with Crippen molar-refractivity contribution in [3.05, 3.63) is 16.1 Å². The third-order valence-corrected chi connectivity index (χ3v) is 4.34. The molecule has 0 aliphatic carbocycles. The van der Waals surface area contributed by atoms with Gasteiger partial charge in [0.2, 0.25) is 0 Å². The third kappa shape index (κ3) is 2.87. The third-order valence-electron chi connectivity index (χ3n) is 3.30. The summed E-state index contributed by atoms with van der Waals surface area (Å²) in [5, 5.41) is 6.69. The first-order valence-corrected chi connectivity index (χ1v) is 6.99. The second-order valence-electron chi connectivity index (χ2n) is 5.04. The maximum atomic E-state index is 5.39. The molecule has 1 N–H and O–H groups in total. The second-order valence-corrected chi connectivity index (χ2v) is 5.90. The summed E-state index contributed by atoms with van der Waals surface area (Å²) >= 11 is 1.72. The number of hydrogen-bond donors (Lipinski definition) is 1. The van der Waals surface area contributed by atoms with Gasteiger partial charge in [0, 0.05) is 12.5 Å². The van der Waals surface area contributed by atoms with Crippen LogP contribution in [0.4, 0.5) is 0 Å². The molecule has 0 spiro atoms. The first kappa shape index (κ1) is 14.6. The van der Waals surface area contributed by atoms with Crippen molar-refractivity contribution in [3.63, 3.8) is 0 Å². The molecule has 0 fully saturated rings. The Morgan fingerprint density at radius 3 is 2.41 bits per heavy atom. The van der Waals surface area contributed by atoms with Crippen molar-refractivity contribution in [1.82, 2.24) is 10.3 Å². The second kappa shape index (κ2) is 5.94. The Kier molecular flexibility index (Phi) is 5.10. The highest BCUT2D eigenvalue weighted by Gasteiger charge is 2.37. The highest BCUT2D eigenvalue weighted by atomic mass is 32.1. The molecule has 1 aromatic rings. The number of nitrogens with zero attached hydrogens (tertiary/aromatic N) is 1. The van der Waals surface area contributed by atoms with E-state index in [1.807, 2.05) is 7.05 Å². The van der Waals surface area contributed by atoms with Crippen LogP contribution in [0.5, 0.6) is 0 Å². The van der Waals surface area contributed by atoms with E-state index in [9.17, 15) is 0 Å². The van der Waals surface area contributed by atoms with Crippen molar-refractivity contribution in [2.75, 3.05) is 20.8 Å². The van der Waals surface area contributed by atoms with E-state index in [-0.39, 0.29) is 5.54 Å². The average molecular weight is 256 g/mol. The summed E-state index contributed by atoms with van der Waals surface area (Å²) in [7, 11) is 3.72. The van der Waals surface area contributed by atoms with Crippen molar-refractivity contribution in [2.45, 2.75) is 39.2 Å². The number of rotatable bonds is 6. The molecule has 0 aromatic carbocycles. The number of ether oxygens (including phenoxy) is 1. The minimum atomic E-state index is -0.174. The van der Waals surface area contributed by atoms with Crippen molar-refractivity contribution >= 4 is 11.3 Å². The Bertz CT molecular complexity index is 349. The van der Waals surface area contributed by atoms with Gasteiger partial charge >= 0.3 is 0 Å². The fourth-order valence-electron chi connectivity index (χ4n) is 1.93. The number of methoxy groups -OCH3 is 1. The Balaban J connectivity index is 3.11. The molecule has 0 saturated carbocycles. The van der Waals surface area contributed by atoms with Crippen LogP contribution in [0.25, 0.3) is 0 Å². The van der Waals surface area contributed by atoms with Gasteiger partial charge in [0.1, 0.15) is 5.01 Å². The van der Waals surface area contributed by atoms with Crippen molar-refractivity contribution in [2.24, 2.45) is 5.92 Å². The fourth-order valence-corrected chi connectivity index (χ4v) is 3.25. The number of thiazole rings is 1. The Hall–Kier alpha value is -0.450. The predicted molar refractivity (Wildman–Crippen MR) is 73.7 cm³/mol. The molecule has 0 aliphatic rings. The largest absolute Gasteiger partial charge is 0.382 e. The minimum absolute atomic E-state index is 0.174. The monoisotopic (exact) mass is 256 g/mol. The van der Waals surface area contributed by atoms with E-state index in [0.717, 1.165) is 5.01 Å². The molecule has 17 heavy (non-hydrogen) atoms. The van der Waals surface area contributed by atoms with Crippen LogP contribution in [0.15, 0.2) is 5.38 Å². The van der Waals surface area contributed by atoms with E-state index in [1.165, 1.54) is 5.69 Å². The van der Waals surface area contributed by atoms with Crippen LogP contribution in [0.3, 0.4) is 0 Å². The van der Waals surface area contributed by atoms with Crippen molar-refractivity contribution < 1.29 is 4.74 Å². The lowest BCUT2D eigenvalue weighted by atomic mass is 9.88. The van der Waals surface area contributed by atoms with Crippen LogP contribution in [-0.2, 0) is 10.3 Å². The number of likely N-dealkylation sites (N-methyl/N-ethyl adjacent to an activating group) is 1. The highest BCUT2D eigenvalue weighted by Crippen LogP contribution is 2.33. The molecule has 1 rings (SSSR count). The summed E-state index contributed by atoms with van der Waals surface area (Å²) in [6.07, 6.45) is 0. The molecule has 4 heteroatoms. The standard InChI is InChI=1S/C13H24N2OS/c1-9(2)11-7-17-12(15-11)13(14-5,8-16-6)10(3)4/h7,9-10,14H,8H2,1-6H3. The molecule has 98 valence electrons. The van der Waals surface area contributed by atoms with Gasteiger partial charge in [0.05, 0.1) is 17.8 Å². The van der Waals surface area contributed by atoms with Crippen LogP contribution in [0.1, 0.15) is 44.3 Å². The average Bonchev–Trinajstić information content (AvgIpc) is 2.75. The summed E-state index contributed by atoms with van der Waals surface area (Å²) in [5.41, 5.74) is 0.994. The van der Waals surface area contributed by atoms with Gasteiger partial charge in [0.15, 0.2) is 0 Å². The van der Waals surface area contributed by atoms with Gasteiger partial charge in [-0.15, -0.1) is 11.3 Å². The van der Waals surface area contributed by atoms with Crippen LogP contribution < -0.4 is 5.32 Å². The molecule has 1 aromatic heterocycles. The molecular formula is C13H24N2OS. The number of hydrogen-bond acceptors (Lipinski definition) is 4. The molecule has 3 nitrogen and oxygen atoms in total. The van der Waals surface area contributed by atoms with E-state index in [1.54, 1.807) is 18.4 Å². The molecule has 0 amide bonds. The molecule has 0 radical (unpaired) electrons. The molecule has 1 unspecified atom stereocenters. The summed E-state index contributed by atoms with van der Waals surface area (Å²) in [6, 6.07) is 0. The van der Waals surface area contributed by atoms with Crippen molar-refractivity contribution in [1.29, 1.82) is 0 Å². The first-order valence-electron chi connectivity index (χ1n) is 6.11. The Labute approximate surface area is 109 Å². The fraction of sp³-hybridized carbons (Fsp3) is 0.769. The van der Waals surface area contributed by atoms with Crippen LogP contribution in [0, 0.1) is 5.92 Å². The highest BCUT2D eigenvalue weighted by molar-refractivity contribution is 7.09. The van der Waals surface area contributed by atoms with E-state index >= 15 is 0 Å². The molecular weight excluding hydrogens is 232 g/mol. The lowest BCUT2D eigenvalue weighted by molar-refractivity contribution is 0.0817.